The summed E-state index contributed by atoms with van der Waals surface area (Å²) >= 11 is 0. The summed E-state index contributed by atoms with van der Waals surface area (Å²) < 4.78 is 4.80. The van der Waals surface area contributed by atoms with Gasteiger partial charge in [-0.05, 0) is 24.5 Å². The van der Waals surface area contributed by atoms with Crippen LogP contribution in [0.3, 0.4) is 0 Å². The molecule has 1 unspecified atom stereocenters. The molecule has 0 bridgehead atoms. The highest BCUT2D eigenvalue weighted by Crippen LogP contribution is 2.19. The van der Waals surface area contributed by atoms with Crippen LogP contribution in [0.2, 0.25) is 0 Å². The zero-order valence-corrected chi connectivity index (χ0v) is 12.5. The summed E-state index contributed by atoms with van der Waals surface area (Å²) in [5.74, 6) is -0.246. The summed E-state index contributed by atoms with van der Waals surface area (Å²) in [6.45, 7) is 1.83. The van der Waals surface area contributed by atoms with E-state index in [4.69, 9.17) is 4.74 Å². The molecule has 2 aromatic rings. The van der Waals surface area contributed by atoms with E-state index in [0.717, 1.165) is 12.0 Å². The molecule has 0 aliphatic heterocycles. The molecule has 3 heteroatoms. The summed E-state index contributed by atoms with van der Waals surface area (Å²) in [7, 11) is 1.41. The number of carbonyl (C=O) groups is 1. The maximum Gasteiger partial charge on any atom is 0.322 e. The van der Waals surface area contributed by atoms with Crippen molar-refractivity contribution in [1.82, 2.24) is 5.32 Å². The molecule has 0 saturated heterocycles. The molecule has 110 valence electrons. The van der Waals surface area contributed by atoms with E-state index in [-0.39, 0.29) is 18.1 Å². The first kappa shape index (κ1) is 15.3. The van der Waals surface area contributed by atoms with Gasteiger partial charge in [0.1, 0.15) is 6.04 Å². The molecule has 0 fully saturated rings. The Balaban J connectivity index is 2.17. The number of hydrogen-bond donors (Lipinski definition) is 1. The van der Waals surface area contributed by atoms with Crippen LogP contribution in [-0.2, 0) is 16.0 Å². The van der Waals surface area contributed by atoms with E-state index in [2.05, 4.69) is 29.6 Å². The molecule has 0 saturated carbocycles. The Morgan fingerprint density at radius 2 is 1.62 bits per heavy atom. The topological polar surface area (TPSA) is 38.3 Å². The molecule has 0 aromatic heterocycles. The second kappa shape index (κ2) is 7.60. The summed E-state index contributed by atoms with van der Waals surface area (Å²) in [5, 5.41) is 3.36. The summed E-state index contributed by atoms with van der Waals surface area (Å²) in [5.41, 5.74) is 2.40. The number of ether oxygens (including phenoxy) is 1. The first-order chi connectivity index (χ1) is 10.2. The predicted octanol–water partition coefficient (Wildman–Crippen LogP) is 3.12. The minimum Gasteiger partial charge on any atom is -0.468 e. The normalized spacial score (nSPS) is 13.4. The fourth-order valence-electron chi connectivity index (χ4n) is 2.35. The van der Waals surface area contributed by atoms with Crippen molar-refractivity contribution in [3.63, 3.8) is 0 Å². The molecular formula is C18H21NO2. The molecule has 0 amide bonds. The van der Waals surface area contributed by atoms with Gasteiger partial charge in [0.15, 0.2) is 0 Å². The average Bonchev–Trinajstić information content (AvgIpc) is 2.55. The maximum atomic E-state index is 11.6. The van der Waals surface area contributed by atoms with E-state index in [1.54, 1.807) is 0 Å². The van der Waals surface area contributed by atoms with Crippen molar-refractivity contribution in [3.8, 4) is 0 Å². The number of carbonyl (C=O) groups excluding carboxylic acids is 1. The van der Waals surface area contributed by atoms with Gasteiger partial charge in [0.25, 0.3) is 0 Å². The van der Waals surface area contributed by atoms with Gasteiger partial charge in [-0.1, -0.05) is 60.7 Å². The summed E-state index contributed by atoms with van der Waals surface area (Å²) in [6.07, 6.45) is 0.826. The Morgan fingerprint density at radius 1 is 1.05 bits per heavy atom. The number of hydrogen-bond acceptors (Lipinski definition) is 3. The number of nitrogens with one attached hydrogen (secondary N) is 1. The van der Waals surface area contributed by atoms with Crippen LogP contribution >= 0.6 is 0 Å². The second-order valence-electron chi connectivity index (χ2n) is 5.06. The van der Waals surface area contributed by atoms with Crippen molar-refractivity contribution < 1.29 is 9.53 Å². The van der Waals surface area contributed by atoms with Crippen LogP contribution < -0.4 is 5.32 Å². The SMILES string of the molecule is COC(=O)[C@H](C)NC(Cc1ccccc1)c1ccccc1. The van der Waals surface area contributed by atoms with E-state index in [1.165, 1.54) is 12.7 Å². The molecule has 0 radical (unpaired) electrons. The van der Waals surface area contributed by atoms with E-state index < -0.39 is 0 Å². The first-order valence-corrected chi connectivity index (χ1v) is 7.13. The van der Waals surface area contributed by atoms with Crippen LogP contribution in [0.5, 0.6) is 0 Å². The van der Waals surface area contributed by atoms with Gasteiger partial charge in [0, 0.05) is 6.04 Å². The quantitative estimate of drug-likeness (QED) is 0.828. The standard InChI is InChI=1S/C18H21NO2/c1-14(18(20)21-2)19-17(16-11-7-4-8-12-16)13-15-9-5-3-6-10-15/h3-12,14,17,19H,13H2,1-2H3/t14-,17?/m0/s1. The fraction of sp³-hybridized carbons (Fsp3) is 0.278. The van der Waals surface area contributed by atoms with Crippen LogP contribution in [0, 0.1) is 0 Å². The molecule has 2 atom stereocenters. The van der Waals surface area contributed by atoms with Gasteiger partial charge in [0.05, 0.1) is 7.11 Å². The Bertz CT molecular complexity index is 554. The lowest BCUT2D eigenvalue weighted by Gasteiger charge is -2.22. The molecule has 2 aromatic carbocycles. The lowest BCUT2D eigenvalue weighted by Crippen LogP contribution is -2.38. The van der Waals surface area contributed by atoms with Gasteiger partial charge in [0.2, 0.25) is 0 Å². The first-order valence-electron chi connectivity index (χ1n) is 7.13. The van der Waals surface area contributed by atoms with Gasteiger partial charge in [-0.2, -0.15) is 0 Å². The molecule has 2 rings (SSSR count). The van der Waals surface area contributed by atoms with E-state index in [9.17, 15) is 4.79 Å². The molecule has 21 heavy (non-hydrogen) atoms. The zero-order valence-electron chi connectivity index (χ0n) is 12.5. The Morgan fingerprint density at radius 3 is 2.19 bits per heavy atom. The van der Waals surface area contributed by atoms with E-state index in [0.29, 0.717) is 0 Å². The minimum atomic E-state index is -0.344. The average molecular weight is 283 g/mol. The van der Waals surface area contributed by atoms with Crippen molar-refractivity contribution >= 4 is 5.97 Å². The van der Waals surface area contributed by atoms with Crippen molar-refractivity contribution in [1.29, 1.82) is 0 Å². The third-order valence-corrected chi connectivity index (χ3v) is 3.49. The number of methoxy groups -OCH3 is 1. The van der Waals surface area contributed by atoms with Gasteiger partial charge >= 0.3 is 5.97 Å². The highest BCUT2D eigenvalue weighted by Gasteiger charge is 2.19. The molecular weight excluding hydrogens is 262 g/mol. The Hall–Kier alpha value is -2.13. The Labute approximate surface area is 126 Å². The van der Waals surface area contributed by atoms with Crippen molar-refractivity contribution in [2.24, 2.45) is 0 Å². The van der Waals surface area contributed by atoms with Gasteiger partial charge in [-0.15, -0.1) is 0 Å². The molecule has 0 spiro atoms. The fourth-order valence-corrected chi connectivity index (χ4v) is 2.35. The third kappa shape index (κ3) is 4.43. The third-order valence-electron chi connectivity index (χ3n) is 3.49. The van der Waals surface area contributed by atoms with E-state index >= 15 is 0 Å². The van der Waals surface area contributed by atoms with E-state index in [1.807, 2.05) is 43.3 Å². The lowest BCUT2D eigenvalue weighted by atomic mass is 9.98. The summed E-state index contributed by atoms with van der Waals surface area (Å²) in [6, 6.07) is 20.2. The smallest absolute Gasteiger partial charge is 0.322 e. The second-order valence-corrected chi connectivity index (χ2v) is 5.06. The largest absolute Gasteiger partial charge is 0.468 e. The van der Waals surface area contributed by atoms with Crippen molar-refractivity contribution in [2.45, 2.75) is 25.4 Å². The van der Waals surface area contributed by atoms with Gasteiger partial charge in [-0.25, -0.2) is 0 Å². The monoisotopic (exact) mass is 283 g/mol. The van der Waals surface area contributed by atoms with Crippen LogP contribution in [-0.4, -0.2) is 19.1 Å². The van der Waals surface area contributed by atoms with Crippen LogP contribution in [0.15, 0.2) is 60.7 Å². The highest BCUT2D eigenvalue weighted by atomic mass is 16.5. The molecule has 0 heterocycles. The number of rotatable bonds is 6. The number of benzene rings is 2. The van der Waals surface area contributed by atoms with Crippen molar-refractivity contribution in [3.05, 3.63) is 71.8 Å². The molecule has 0 aliphatic rings. The minimum absolute atomic E-state index is 0.0719. The Kier molecular flexibility index (Phi) is 5.52. The van der Waals surface area contributed by atoms with Crippen molar-refractivity contribution in [2.75, 3.05) is 7.11 Å². The summed E-state index contributed by atoms with van der Waals surface area (Å²) in [4.78, 5) is 11.6. The van der Waals surface area contributed by atoms with Crippen LogP contribution in [0.1, 0.15) is 24.1 Å². The lowest BCUT2D eigenvalue weighted by molar-refractivity contribution is -0.142. The van der Waals surface area contributed by atoms with Crippen LogP contribution in [0.25, 0.3) is 0 Å². The predicted molar refractivity (Wildman–Crippen MR) is 83.9 cm³/mol. The van der Waals surface area contributed by atoms with Crippen LogP contribution in [0.4, 0.5) is 0 Å². The van der Waals surface area contributed by atoms with Gasteiger partial charge < -0.3 is 4.74 Å². The highest BCUT2D eigenvalue weighted by molar-refractivity contribution is 5.75. The maximum absolute atomic E-state index is 11.6. The van der Waals surface area contributed by atoms with Gasteiger partial charge in [-0.3, -0.25) is 10.1 Å². The molecule has 1 N–H and O–H groups in total. The molecule has 0 aliphatic carbocycles. The number of esters is 1. The molecule has 3 nitrogen and oxygen atoms in total. The zero-order chi connectivity index (χ0) is 15.1.